The molecule has 2 aliphatic rings. The highest BCUT2D eigenvalue weighted by atomic mass is 35.5. The second-order valence-electron chi connectivity index (χ2n) is 12.0. The van der Waals surface area contributed by atoms with Gasteiger partial charge in [-0.3, -0.25) is 4.90 Å². The summed E-state index contributed by atoms with van der Waals surface area (Å²) in [6, 6.07) is 8.05. The molecule has 246 valence electrons. The normalized spacial score (nSPS) is 19.3. The Balaban J connectivity index is 1.05. The van der Waals surface area contributed by atoms with E-state index in [0.717, 1.165) is 54.1 Å². The first-order valence-corrected chi connectivity index (χ1v) is 16.4. The number of hydrogen-bond acceptors (Lipinski definition) is 10. The van der Waals surface area contributed by atoms with Crippen molar-refractivity contribution in [1.29, 1.82) is 0 Å². The van der Waals surface area contributed by atoms with Crippen LogP contribution in [-0.2, 0) is 30.6 Å². The van der Waals surface area contributed by atoms with Gasteiger partial charge in [0.2, 0.25) is 5.82 Å². The molecule has 2 aliphatic heterocycles. The number of ether oxygens (including phenoxy) is 2. The molecule has 1 N–H and O–H groups in total. The molecule has 2 fully saturated rings. The summed E-state index contributed by atoms with van der Waals surface area (Å²) in [4.78, 5) is 18.1. The molecule has 0 spiro atoms. The summed E-state index contributed by atoms with van der Waals surface area (Å²) in [5, 5.41) is 15.4. The molecule has 0 amide bonds. The quantitative estimate of drug-likeness (QED) is 0.181. The zero-order valence-corrected chi connectivity index (χ0v) is 27.9. The fourth-order valence-electron chi connectivity index (χ4n) is 5.81. The average molecular weight is 689 g/mol. The fourth-order valence-corrected chi connectivity index (χ4v) is 6.69. The SMILES string of the molecule is Fc1cc(Cl)ccc1COc1nccc(C2CCN(Cc3nc4cc(-c5nnc(C(F)(F)F)[nH]5)nnc4n3C[C@]3([SiH3])CCO3)CC2)n1. The first kappa shape index (κ1) is 31.5. The largest absolute Gasteiger partial charge is 0.458 e. The van der Waals surface area contributed by atoms with E-state index in [0.29, 0.717) is 41.4 Å². The Labute approximate surface area is 273 Å². The molecule has 5 aromatic rings. The summed E-state index contributed by atoms with van der Waals surface area (Å²) in [6.07, 6.45) is -0.391. The molecule has 18 heteroatoms. The lowest BCUT2D eigenvalue weighted by Gasteiger charge is -2.39. The van der Waals surface area contributed by atoms with Gasteiger partial charge >= 0.3 is 12.2 Å². The van der Waals surface area contributed by atoms with Gasteiger partial charge in [-0.05, 0) is 56.6 Å². The minimum Gasteiger partial charge on any atom is -0.458 e. The zero-order valence-electron chi connectivity index (χ0n) is 25.1. The summed E-state index contributed by atoms with van der Waals surface area (Å²) < 4.78 is 67.0. The standard InChI is InChI=1S/C29H29ClF4N10O2Si/c30-18-2-1-17(19(31)11-18)14-45-27-35-7-3-20(37-27)16-4-8-43(9-5-16)13-23-36-22-12-21(24-38-26(42-40-24)29(32,33)34)39-41-25(22)44(23)15-28(47)6-10-46-28/h1-3,7,11-12,16H,4-6,8-10,13-15H2,47H3,(H,38,40,42)/t28-/m1/s1. The molecule has 4 aromatic heterocycles. The zero-order chi connectivity index (χ0) is 32.8. The molecule has 12 nitrogen and oxygen atoms in total. The molecule has 0 bridgehead atoms. The Morgan fingerprint density at radius 2 is 1.89 bits per heavy atom. The molecule has 0 saturated carbocycles. The summed E-state index contributed by atoms with van der Waals surface area (Å²) in [6.45, 7) is 3.36. The van der Waals surface area contributed by atoms with Crippen molar-refractivity contribution in [2.24, 2.45) is 0 Å². The van der Waals surface area contributed by atoms with Crippen molar-refractivity contribution >= 4 is 33.0 Å². The van der Waals surface area contributed by atoms with Crippen LogP contribution in [0.2, 0.25) is 5.02 Å². The number of hydrogen-bond donors (Lipinski definition) is 1. The highest BCUT2D eigenvalue weighted by molar-refractivity contribution is 6.30. The third kappa shape index (κ3) is 6.83. The van der Waals surface area contributed by atoms with E-state index >= 15 is 0 Å². The number of nitrogens with zero attached hydrogens (tertiary/aromatic N) is 9. The number of H-pyrrole nitrogens is 1. The third-order valence-corrected chi connectivity index (χ3v) is 9.88. The van der Waals surface area contributed by atoms with E-state index in [1.807, 2.05) is 10.6 Å². The van der Waals surface area contributed by atoms with Gasteiger partial charge in [-0.15, -0.1) is 20.4 Å². The summed E-state index contributed by atoms with van der Waals surface area (Å²) >= 11 is 5.84. The predicted molar refractivity (Wildman–Crippen MR) is 164 cm³/mol. The lowest BCUT2D eigenvalue weighted by Crippen LogP contribution is -2.48. The molecule has 0 aliphatic carbocycles. The van der Waals surface area contributed by atoms with Crippen molar-refractivity contribution in [3.8, 4) is 17.5 Å². The number of fused-ring (bicyclic) bond motifs is 1. The van der Waals surface area contributed by atoms with Crippen LogP contribution in [0.15, 0.2) is 36.5 Å². The highest BCUT2D eigenvalue weighted by Crippen LogP contribution is 2.32. The number of aromatic amines is 1. The Morgan fingerprint density at radius 3 is 2.60 bits per heavy atom. The molecule has 0 radical (unpaired) electrons. The number of piperidine rings is 1. The smallest absolute Gasteiger partial charge is 0.451 e. The fraction of sp³-hybridized carbons (Fsp3) is 0.414. The van der Waals surface area contributed by atoms with Gasteiger partial charge in [0.1, 0.15) is 29.5 Å². The van der Waals surface area contributed by atoms with E-state index in [-0.39, 0.29) is 35.3 Å². The van der Waals surface area contributed by atoms with Crippen molar-refractivity contribution < 1.29 is 27.0 Å². The van der Waals surface area contributed by atoms with Crippen LogP contribution in [0.1, 0.15) is 48.1 Å². The molecule has 1 aromatic carbocycles. The number of benzene rings is 1. The number of halogens is 5. The van der Waals surface area contributed by atoms with Gasteiger partial charge in [0.25, 0.3) is 0 Å². The van der Waals surface area contributed by atoms with Crippen molar-refractivity contribution in [3.05, 3.63) is 70.3 Å². The number of nitrogens with one attached hydrogen (secondary N) is 1. The first-order chi connectivity index (χ1) is 22.5. The number of alkyl halides is 3. The van der Waals surface area contributed by atoms with Crippen LogP contribution in [-0.4, -0.2) is 85.0 Å². The van der Waals surface area contributed by atoms with Crippen LogP contribution in [0.5, 0.6) is 6.01 Å². The monoisotopic (exact) mass is 688 g/mol. The van der Waals surface area contributed by atoms with Crippen molar-refractivity contribution in [2.45, 2.75) is 56.3 Å². The average Bonchev–Trinajstić information content (AvgIpc) is 3.66. The highest BCUT2D eigenvalue weighted by Gasteiger charge is 2.37. The molecule has 0 unspecified atom stereocenters. The Hall–Kier alpha value is -4.06. The van der Waals surface area contributed by atoms with Gasteiger partial charge in [0.15, 0.2) is 11.5 Å². The van der Waals surface area contributed by atoms with Gasteiger partial charge in [-0.25, -0.2) is 14.4 Å². The summed E-state index contributed by atoms with van der Waals surface area (Å²) in [5.74, 6) is -0.831. The van der Waals surface area contributed by atoms with E-state index in [1.54, 1.807) is 24.4 Å². The molecule has 7 rings (SSSR count). The van der Waals surface area contributed by atoms with Crippen LogP contribution in [0.25, 0.3) is 22.7 Å². The third-order valence-electron chi connectivity index (χ3n) is 8.54. The van der Waals surface area contributed by atoms with Gasteiger partial charge in [0, 0.05) is 39.6 Å². The van der Waals surface area contributed by atoms with Crippen LogP contribution >= 0.6 is 11.6 Å². The molecule has 47 heavy (non-hydrogen) atoms. The molecular formula is C29H29ClF4N10O2Si. The van der Waals surface area contributed by atoms with E-state index in [1.165, 1.54) is 6.07 Å². The van der Waals surface area contributed by atoms with Crippen molar-refractivity contribution in [2.75, 3.05) is 19.7 Å². The first-order valence-electron chi connectivity index (χ1n) is 15.0. The summed E-state index contributed by atoms with van der Waals surface area (Å²) in [7, 11) is 0.809. The van der Waals surface area contributed by atoms with Gasteiger partial charge in [0.05, 0.1) is 24.0 Å². The number of aromatic nitrogens is 9. The van der Waals surface area contributed by atoms with Gasteiger partial charge < -0.3 is 19.0 Å². The molecule has 2 saturated heterocycles. The van der Waals surface area contributed by atoms with Gasteiger partial charge in [-0.1, -0.05) is 17.7 Å². The Kier molecular flexibility index (Phi) is 8.40. The topological polar surface area (TPSA) is 133 Å². The second-order valence-corrected chi connectivity index (χ2v) is 14.2. The van der Waals surface area contributed by atoms with E-state index in [2.05, 4.69) is 40.2 Å². The van der Waals surface area contributed by atoms with Gasteiger partial charge in [-0.2, -0.15) is 18.2 Å². The minimum atomic E-state index is -4.66. The summed E-state index contributed by atoms with van der Waals surface area (Å²) in [5.41, 5.74) is 2.37. The number of rotatable bonds is 9. The lowest BCUT2D eigenvalue weighted by atomic mass is 9.93. The number of imidazole rings is 1. The predicted octanol–water partition coefficient (Wildman–Crippen LogP) is 3.65. The van der Waals surface area contributed by atoms with Crippen LogP contribution in [0.3, 0.4) is 0 Å². The minimum absolute atomic E-state index is 0.0165. The molecule has 6 heterocycles. The Bertz CT molecular complexity index is 1910. The number of likely N-dealkylation sites (tertiary alicyclic amines) is 1. The molecular weight excluding hydrogens is 660 g/mol. The van der Waals surface area contributed by atoms with Crippen LogP contribution in [0.4, 0.5) is 17.6 Å². The van der Waals surface area contributed by atoms with Crippen LogP contribution in [0, 0.1) is 5.82 Å². The van der Waals surface area contributed by atoms with E-state index < -0.39 is 17.8 Å². The van der Waals surface area contributed by atoms with Crippen molar-refractivity contribution in [3.63, 3.8) is 0 Å². The van der Waals surface area contributed by atoms with Crippen LogP contribution < -0.4 is 4.74 Å². The second kappa shape index (κ2) is 12.5. The lowest BCUT2D eigenvalue weighted by molar-refractivity contribution is -0.144. The maximum atomic E-state index is 14.2. The maximum Gasteiger partial charge on any atom is 0.451 e. The molecule has 1 atom stereocenters. The van der Waals surface area contributed by atoms with E-state index in [4.69, 9.17) is 26.1 Å². The van der Waals surface area contributed by atoms with Crippen molar-refractivity contribution in [1.82, 2.24) is 49.8 Å². The Morgan fingerprint density at radius 1 is 1.09 bits per heavy atom. The maximum absolute atomic E-state index is 14.2. The van der Waals surface area contributed by atoms with E-state index in [9.17, 15) is 17.6 Å².